The molecule has 0 aliphatic heterocycles. The van der Waals surface area contributed by atoms with Gasteiger partial charge in [0.15, 0.2) is 0 Å². The van der Waals surface area contributed by atoms with E-state index in [1.54, 1.807) is 7.05 Å². The molecular formula is C10H13NO4S. The Hall–Kier alpha value is -1.40. The minimum Gasteiger partial charge on any atom is -0.346 e. The van der Waals surface area contributed by atoms with E-state index in [4.69, 9.17) is 0 Å². The number of rotatable bonds is 5. The van der Waals surface area contributed by atoms with Crippen LogP contribution in [-0.2, 0) is 26.4 Å². The van der Waals surface area contributed by atoms with Gasteiger partial charge in [0.05, 0.1) is 0 Å². The molecule has 88 valence electrons. The molecule has 0 aromatic heterocycles. The molecule has 1 rings (SSSR count). The van der Waals surface area contributed by atoms with Gasteiger partial charge >= 0.3 is 17.0 Å². The Kier molecular flexibility index (Phi) is 4.94. The Morgan fingerprint density at radius 2 is 2.00 bits per heavy atom. The summed E-state index contributed by atoms with van der Waals surface area (Å²) >= 11 is 0. The normalized spacial score (nSPS) is 12.4. The average molecular weight is 243 g/mol. The molecule has 1 aromatic rings. The molecule has 6 heteroatoms. The molecule has 16 heavy (non-hydrogen) atoms. The zero-order valence-corrected chi connectivity index (χ0v) is 9.65. The van der Waals surface area contributed by atoms with Crippen molar-refractivity contribution in [3.05, 3.63) is 35.9 Å². The first kappa shape index (κ1) is 12.7. The molecule has 1 aromatic carbocycles. The fourth-order valence-electron chi connectivity index (χ4n) is 1.29. The first-order valence-corrected chi connectivity index (χ1v) is 5.80. The fourth-order valence-corrected chi connectivity index (χ4v) is 1.56. The summed E-state index contributed by atoms with van der Waals surface area (Å²) in [4.78, 5) is 11.3. The second kappa shape index (κ2) is 6.24. The third-order valence-corrected chi connectivity index (χ3v) is 2.41. The number of hydrogen-bond donors (Lipinski definition) is 2. The second-order valence-electron chi connectivity index (χ2n) is 3.16. The van der Waals surface area contributed by atoms with Gasteiger partial charge in [0.2, 0.25) is 0 Å². The highest BCUT2D eigenvalue weighted by Gasteiger charge is 2.19. The highest BCUT2D eigenvalue weighted by Crippen LogP contribution is 2.04. The van der Waals surface area contributed by atoms with Crippen LogP contribution < -0.4 is 5.32 Å². The van der Waals surface area contributed by atoms with Crippen molar-refractivity contribution in [3.63, 3.8) is 0 Å². The SMILES string of the molecule is CN[C@@H](Cc1ccccc1)C(=O)O[SH](=O)=O. The van der Waals surface area contributed by atoms with Crippen LogP contribution in [0.1, 0.15) is 5.56 Å². The van der Waals surface area contributed by atoms with Crippen molar-refractivity contribution in [2.24, 2.45) is 0 Å². The van der Waals surface area contributed by atoms with Crippen LogP contribution in [0.5, 0.6) is 0 Å². The zero-order chi connectivity index (χ0) is 12.0. The smallest absolute Gasteiger partial charge is 0.339 e. The number of carbonyl (C=O) groups excluding carboxylic acids is 1. The quantitative estimate of drug-likeness (QED) is 0.706. The van der Waals surface area contributed by atoms with E-state index in [9.17, 15) is 13.2 Å². The van der Waals surface area contributed by atoms with Crippen LogP contribution in [0.25, 0.3) is 0 Å². The molecule has 5 nitrogen and oxygen atoms in total. The minimum atomic E-state index is -3.14. The molecule has 0 fully saturated rings. The predicted octanol–water partition coefficient (Wildman–Crippen LogP) is -0.113. The Labute approximate surface area is 95.6 Å². The van der Waals surface area contributed by atoms with E-state index in [1.807, 2.05) is 30.3 Å². The standard InChI is InChI=1S/C10H13NO4S/c1-11-9(10(12)15-16(13)14)7-8-5-3-2-4-6-8/h2-6,9,11,16H,7H2,1H3/t9-/m0/s1. The highest BCUT2D eigenvalue weighted by atomic mass is 32.2. The van der Waals surface area contributed by atoms with Gasteiger partial charge < -0.3 is 9.50 Å². The maximum Gasteiger partial charge on any atom is 0.339 e. The molecule has 0 bridgehead atoms. The summed E-state index contributed by atoms with van der Waals surface area (Å²) in [6, 6.07) is 8.62. The maximum absolute atomic E-state index is 11.3. The average Bonchev–Trinajstić information content (AvgIpc) is 2.26. The Bertz CT molecular complexity index is 408. The van der Waals surface area contributed by atoms with Crippen molar-refractivity contribution in [1.29, 1.82) is 0 Å². The van der Waals surface area contributed by atoms with Crippen molar-refractivity contribution in [3.8, 4) is 0 Å². The van der Waals surface area contributed by atoms with Gasteiger partial charge in [-0.1, -0.05) is 30.3 Å². The van der Waals surface area contributed by atoms with Crippen molar-refractivity contribution < 1.29 is 17.4 Å². The molecule has 0 saturated heterocycles. The van der Waals surface area contributed by atoms with Crippen LogP contribution >= 0.6 is 0 Å². The van der Waals surface area contributed by atoms with E-state index < -0.39 is 23.0 Å². The summed E-state index contributed by atoms with van der Waals surface area (Å²) in [5, 5.41) is 2.71. The van der Waals surface area contributed by atoms with Crippen molar-refractivity contribution in [2.45, 2.75) is 12.5 Å². The zero-order valence-electron chi connectivity index (χ0n) is 8.75. The summed E-state index contributed by atoms with van der Waals surface area (Å²) in [6.45, 7) is 0. The Balaban J connectivity index is 2.65. The molecular weight excluding hydrogens is 230 g/mol. The van der Waals surface area contributed by atoms with Crippen LogP contribution in [0.15, 0.2) is 30.3 Å². The van der Waals surface area contributed by atoms with Crippen LogP contribution in [0.2, 0.25) is 0 Å². The number of nitrogens with one attached hydrogen (secondary N) is 1. The monoisotopic (exact) mass is 243 g/mol. The Morgan fingerprint density at radius 1 is 1.38 bits per heavy atom. The number of likely N-dealkylation sites (N-methyl/N-ethyl adjacent to an activating group) is 1. The minimum absolute atomic E-state index is 0.388. The lowest BCUT2D eigenvalue weighted by atomic mass is 10.1. The third kappa shape index (κ3) is 4.00. The van der Waals surface area contributed by atoms with Crippen molar-refractivity contribution in [1.82, 2.24) is 5.32 Å². The molecule has 0 amide bonds. The molecule has 0 spiro atoms. The summed E-state index contributed by atoms with van der Waals surface area (Å²) in [7, 11) is -1.57. The first-order chi connectivity index (χ1) is 7.63. The van der Waals surface area contributed by atoms with Crippen LogP contribution in [0.4, 0.5) is 0 Å². The highest BCUT2D eigenvalue weighted by molar-refractivity contribution is 7.67. The lowest BCUT2D eigenvalue weighted by Crippen LogP contribution is -2.37. The van der Waals surface area contributed by atoms with Crippen molar-refractivity contribution in [2.75, 3.05) is 7.05 Å². The summed E-state index contributed by atoms with van der Waals surface area (Å²) in [5.41, 5.74) is 0.930. The number of benzene rings is 1. The first-order valence-electron chi connectivity index (χ1n) is 4.71. The van der Waals surface area contributed by atoms with E-state index in [-0.39, 0.29) is 0 Å². The topological polar surface area (TPSA) is 72.5 Å². The molecule has 0 aliphatic carbocycles. The van der Waals surface area contributed by atoms with Gasteiger partial charge in [0.25, 0.3) is 0 Å². The lowest BCUT2D eigenvalue weighted by Gasteiger charge is -2.12. The van der Waals surface area contributed by atoms with E-state index >= 15 is 0 Å². The van der Waals surface area contributed by atoms with Gasteiger partial charge in [0, 0.05) is 0 Å². The number of carbonyl (C=O) groups is 1. The lowest BCUT2D eigenvalue weighted by molar-refractivity contribution is -0.135. The summed E-state index contributed by atoms with van der Waals surface area (Å²) < 4.78 is 24.6. The summed E-state index contributed by atoms with van der Waals surface area (Å²) in [5.74, 6) is -0.789. The predicted molar refractivity (Wildman–Crippen MR) is 59.4 cm³/mol. The maximum atomic E-state index is 11.3. The number of thiol groups is 1. The molecule has 1 atom stereocenters. The van der Waals surface area contributed by atoms with Gasteiger partial charge in [-0.2, -0.15) is 8.42 Å². The Morgan fingerprint density at radius 3 is 2.50 bits per heavy atom. The van der Waals surface area contributed by atoms with Crippen LogP contribution in [0.3, 0.4) is 0 Å². The second-order valence-corrected chi connectivity index (χ2v) is 3.79. The molecule has 0 aliphatic rings. The van der Waals surface area contributed by atoms with Gasteiger partial charge in [0.1, 0.15) is 6.04 Å². The molecule has 1 N–H and O–H groups in total. The van der Waals surface area contributed by atoms with E-state index in [1.165, 1.54) is 0 Å². The van der Waals surface area contributed by atoms with Crippen molar-refractivity contribution >= 4 is 17.0 Å². The van der Waals surface area contributed by atoms with E-state index in [0.717, 1.165) is 5.56 Å². The number of hydrogen-bond acceptors (Lipinski definition) is 5. The molecule has 0 unspecified atom stereocenters. The molecule has 0 heterocycles. The van der Waals surface area contributed by atoms with Crippen LogP contribution in [0, 0.1) is 0 Å². The van der Waals surface area contributed by atoms with Gasteiger partial charge in [-0.3, -0.25) is 0 Å². The van der Waals surface area contributed by atoms with Gasteiger partial charge in [-0.25, -0.2) is 4.79 Å². The third-order valence-electron chi connectivity index (χ3n) is 2.08. The summed E-state index contributed by atoms with van der Waals surface area (Å²) in [6.07, 6.45) is 0.388. The van der Waals surface area contributed by atoms with Gasteiger partial charge in [-0.05, 0) is 19.0 Å². The van der Waals surface area contributed by atoms with E-state index in [0.29, 0.717) is 6.42 Å². The van der Waals surface area contributed by atoms with Crippen LogP contribution in [-0.4, -0.2) is 27.5 Å². The largest absolute Gasteiger partial charge is 0.346 e. The molecule has 0 saturated carbocycles. The molecule has 0 radical (unpaired) electrons. The van der Waals surface area contributed by atoms with E-state index in [2.05, 4.69) is 9.50 Å². The van der Waals surface area contributed by atoms with Gasteiger partial charge in [-0.15, -0.1) is 0 Å². The fraction of sp³-hybridized carbons (Fsp3) is 0.300.